The van der Waals surface area contributed by atoms with Gasteiger partial charge in [-0.25, -0.2) is 0 Å². The fourth-order valence-electron chi connectivity index (χ4n) is 9.94. The normalized spacial score (nSPS) is 11.5. The molecule has 12 aromatic carbocycles. The maximum Gasteiger partial charge on any atom is -0.00261 e. The molecule has 0 saturated heterocycles. The van der Waals surface area contributed by atoms with Crippen LogP contribution in [0.15, 0.2) is 243 Å². The summed E-state index contributed by atoms with van der Waals surface area (Å²) < 4.78 is 0. The van der Waals surface area contributed by atoms with Crippen molar-refractivity contribution >= 4 is 53.9 Å². The monoisotopic (exact) mass is 784 g/mol. The second-order valence-electron chi connectivity index (χ2n) is 16.4. The van der Waals surface area contributed by atoms with Gasteiger partial charge in [0.05, 0.1) is 0 Å². The molecule has 0 saturated carbocycles. The van der Waals surface area contributed by atoms with Gasteiger partial charge in [-0.15, -0.1) is 0 Å². The van der Waals surface area contributed by atoms with Gasteiger partial charge in [0.15, 0.2) is 0 Å². The van der Waals surface area contributed by atoms with E-state index >= 15 is 0 Å². The molecule has 0 aliphatic carbocycles. The van der Waals surface area contributed by atoms with Gasteiger partial charge in [0.2, 0.25) is 0 Å². The summed E-state index contributed by atoms with van der Waals surface area (Å²) >= 11 is 0. The largest absolute Gasteiger partial charge is 0.0622 e. The summed E-state index contributed by atoms with van der Waals surface area (Å²) in [5.41, 5.74) is 14.7. The molecule has 0 nitrogen and oxygen atoms in total. The summed E-state index contributed by atoms with van der Waals surface area (Å²) in [6.07, 6.45) is 0. The van der Waals surface area contributed by atoms with Gasteiger partial charge in [-0.05, 0) is 145 Å². The van der Waals surface area contributed by atoms with Gasteiger partial charge >= 0.3 is 0 Å². The molecule has 288 valence electrons. The van der Waals surface area contributed by atoms with Crippen molar-refractivity contribution in [2.75, 3.05) is 0 Å². The van der Waals surface area contributed by atoms with Gasteiger partial charge in [0, 0.05) is 0 Å². The molecule has 0 aliphatic rings. The average molecular weight is 785 g/mol. The lowest BCUT2D eigenvalue weighted by Gasteiger charge is -2.18. The maximum atomic E-state index is 2.42. The van der Waals surface area contributed by atoms with Gasteiger partial charge in [0.1, 0.15) is 0 Å². The molecule has 0 radical (unpaired) electrons. The number of hydrogen-bond acceptors (Lipinski definition) is 0. The standard InChI is InChI=1S/C62H40/c1-2-17-46(18-3-1)61-56-24-8-10-26-58(56)62(59-27-11-9-25-57(59)61)47-36-35-44-21-14-28-53(60(44)40-47)45-33-31-41(32-34-45)48-37-49(54-29-12-19-42-15-4-6-22-51(42)54)39-50(38-48)55-30-13-20-43-16-5-7-23-52(43)55/h1-40H. The molecule has 0 fully saturated rings. The van der Waals surface area contributed by atoms with Crippen molar-refractivity contribution < 1.29 is 0 Å². The molecule has 0 unspecified atom stereocenters. The molecule has 0 aliphatic heterocycles. The Morgan fingerprint density at radius 2 is 0.532 bits per heavy atom. The molecular formula is C62H40. The molecule has 0 spiro atoms. The Balaban J connectivity index is 0.998. The topological polar surface area (TPSA) is 0 Å². The van der Waals surface area contributed by atoms with E-state index in [-0.39, 0.29) is 0 Å². The van der Waals surface area contributed by atoms with Crippen LogP contribution in [0.3, 0.4) is 0 Å². The Labute approximate surface area is 361 Å². The second kappa shape index (κ2) is 14.9. The van der Waals surface area contributed by atoms with Crippen LogP contribution in [-0.4, -0.2) is 0 Å². The Morgan fingerprint density at radius 1 is 0.161 bits per heavy atom. The van der Waals surface area contributed by atoms with Crippen molar-refractivity contribution in [3.8, 4) is 66.8 Å². The molecule has 0 atom stereocenters. The lowest BCUT2D eigenvalue weighted by molar-refractivity contribution is 1.58. The van der Waals surface area contributed by atoms with Crippen LogP contribution in [0.5, 0.6) is 0 Å². The predicted octanol–water partition coefficient (Wildman–Crippen LogP) is 17.5. The summed E-state index contributed by atoms with van der Waals surface area (Å²) in [5, 5.41) is 12.5. The van der Waals surface area contributed by atoms with E-state index in [1.54, 1.807) is 0 Å². The van der Waals surface area contributed by atoms with Crippen molar-refractivity contribution in [3.63, 3.8) is 0 Å². The summed E-state index contributed by atoms with van der Waals surface area (Å²) in [6.45, 7) is 0. The van der Waals surface area contributed by atoms with E-state index in [1.165, 1.54) is 121 Å². The highest BCUT2D eigenvalue weighted by molar-refractivity contribution is 6.22. The first-order valence-corrected chi connectivity index (χ1v) is 21.5. The lowest BCUT2D eigenvalue weighted by Crippen LogP contribution is -1.91. The highest BCUT2D eigenvalue weighted by atomic mass is 14.2. The van der Waals surface area contributed by atoms with Crippen molar-refractivity contribution in [1.82, 2.24) is 0 Å². The smallest absolute Gasteiger partial charge is 0.00261 e. The van der Waals surface area contributed by atoms with E-state index in [0.717, 1.165) is 0 Å². The second-order valence-corrected chi connectivity index (χ2v) is 16.4. The summed E-state index contributed by atoms with van der Waals surface area (Å²) in [7, 11) is 0. The highest BCUT2D eigenvalue weighted by Gasteiger charge is 2.18. The quantitative estimate of drug-likeness (QED) is 0.147. The summed E-state index contributed by atoms with van der Waals surface area (Å²) in [6, 6.07) is 89.4. The zero-order valence-corrected chi connectivity index (χ0v) is 34.1. The third-order valence-corrected chi connectivity index (χ3v) is 12.8. The van der Waals surface area contributed by atoms with Crippen LogP contribution in [-0.2, 0) is 0 Å². The minimum Gasteiger partial charge on any atom is -0.0622 e. The maximum absolute atomic E-state index is 2.42. The fourth-order valence-corrected chi connectivity index (χ4v) is 9.94. The molecular weight excluding hydrogens is 745 g/mol. The fraction of sp³-hybridized carbons (Fsp3) is 0. The minimum atomic E-state index is 1.19. The number of fused-ring (bicyclic) bond motifs is 5. The third kappa shape index (κ3) is 6.08. The van der Waals surface area contributed by atoms with E-state index in [1.807, 2.05) is 0 Å². The van der Waals surface area contributed by atoms with Crippen LogP contribution in [0.4, 0.5) is 0 Å². The zero-order chi connectivity index (χ0) is 41.0. The average Bonchev–Trinajstić information content (AvgIpc) is 3.35. The first-order valence-electron chi connectivity index (χ1n) is 21.5. The SMILES string of the molecule is c1ccc(-c2c3ccccc3c(-c3ccc4cccc(-c5ccc(-c6cc(-c7cccc8ccccc78)cc(-c7cccc8ccccc78)c6)cc5)c4c3)c3ccccc23)cc1. The van der Waals surface area contributed by atoms with Gasteiger partial charge in [-0.3, -0.25) is 0 Å². The van der Waals surface area contributed by atoms with Crippen LogP contribution >= 0.6 is 0 Å². The van der Waals surface area contributed by atoms with E-state index in [2.05, 4.69) is 243 Å². The Kier molecular flexibility index (Phi) is 8.61. The molecule has 0 aromatic heterocycles. The minimum absolute atomic E-state index is 1.19. The van der Waals surface area contributed by atoms with Crippen molar-refractivity contribution in [2.24, 2.45) is 0 Å². The van der Waals surface area contributed by atoms with E-state index in [4.69, 9.17) is 0 Å². The molecule has 12 aromatic rings. The molecule has 0 bridgehead atoms. The number of hydrogen-bond donors (Lipinski definition) is 0. The molecule has 0 amide bonds. The summed E-state index contributed by atoms with van der Waals surface area (Å²) in [4.78, 5) is 0. The van der Waals surface area contributed by atoms with E-state index in [0.29, 0.717) is 0 Å². The molecule has 0 heterocycles. The summed E-state index contributed by atoms with van der Waals surface area (Å²) in [5.74, 6) is 0. The highest BCUT2D eigenvalue weighted by Crippen LogP contribution is 2.45. The van der Waals surface area contributed by atoms with Gasteiger partial charge in [0.25, 0.3) is 0 Å². The van der Waals surface area contributed by atoms with Crippen molar-refractivity contribution in [3.05, 3.63) is 243 Å². The molecule has 0 heteroatoms. The van der Waals surface area contributed by atoms with Gasteiger partial charge in [-0.2, -0.15) is 0 Å². The Bertz CT molecular complexity index is 3500. The zero-order valence-electron chi connectivity index (χ0n) is 34.1. The van der Waals surface area contributed by atoms with Gasteiger partial charge in [-0.1, -0.05) is 218 Å². The van der Waals surface area contributed by atoms with Crippen molar-refractivity contribution in [1.29, 1.82) is 0 Å². The molecule has 62 heavy (non-hydrogen) atoms. The molecule has 12 rings (SSSR count). The van der Waals surface area contributed by atoms with Gasteiger partial charge < -0.3 is 0 Å². The van der Waals surface area contributed by atoms with Crippen LogP contribution < -0.4 is 0 Å². The van der Waals surface area contributed by atoms with Crippen LogP contribution in [0.2, 0.25) is 0 Å². The van der Waals surface area contributed by atoms with Crippen molar-refractivity contribution in [2.45, 2.75) is 0 Å². The number of rotatable bonds is 6. The lowest BCUT2D eigenvalue weighted by atomic mass is 9.85. The molecule has 0 N–H and O–H groups in total. The first-order chi connectivity index (χ1) is 30.7. The van der Waals surface area contributed by atoms with E-state index in [9.17, 15) is 0 Å². The van der Waals surface area contributed by atoms with E-state index < -0.39 is 0 Å². The third-order valence-electron chi connectivity index (χ3n) is 12.8. The first kappa shape index (κ1) is 35.8. The van der Waals surface area contributed by atoms with Crippen LogP contribution in [0, 0.1) is 0 Å². The number of benzene rings is 12. The van der Waals surface area contributed by atoms with Crippen LogP contribution in [0.25, 0.3) is 121 Å². The van der Waals surface area contributed by atoms with Crippen LogP contribution in [0.1, 0.15) is 0 Å². The predicted molar refractivity (Wildman–Crippen MR) is 267 cm³/mol. The Morgan fingerprint density at radius 3 is 1.06 bits per heavy atom. The Hall–Kier alpha value is -8.06.